The maximum Gasteiger partial charge on any atom is 0.256 e. The first-order valence-corrected chi connectivity index (χ1v) is 8.97. The number of fused-ring (bicyclic) bond motifs is 1. The lowest BCUT2D eigenvalue weighted by Gasteiger charge is -2.10. The Balaban J connectivity index is 1.97. The Bertz CT molecular complexity index is 1200. The van der Waals surface area contributed by atoms with Crippen LogP contribution in [-0.2, 0) is 0 Å². The average molecular weight is 357 g/mol. The van der Waals surface area contributed by atoms with E-state index in [1.54, 1.807) is 16.7 Å². The van der Waals surface area contributed by atoms with Crippen molar-refractivity contribution in [1.82, 2.24) is 4.57 Å². The van der Waals surface area contributed by atoms with Crippen molar-refractivity contribution in [3.63, 3.8) is 0 Å². The van der Waals surface area contributed by atoms with E-state index in [0.717, 1.165) is 32.8 Å². The van der Waals surface area contributed by atoms with E-state index in [2.05, 4.69) is 11.4 Å². The van der Waals surface area contributed by atoms with Gasteiger partial charge in [0.1, 0.15) is 15.8 Å². The Morgan fingerprint density at radius 1 is 1.00 bits per heavy atom. The predicted octanol–water partition coefficient (Wildman–Crippen LogP) is 4.98. The number of aryl methyl sites for hydroxylation is 1. The molecule has 5 heteroatoms. The number of nitrogens with zero attached hydrogens (tertiary/aromatic N) is 2. The first kappa shape index (κ1) is 16.1. The molecule has 2 heterocycles. The average Bonchev–Trinajstić information content (AvgIpc) is 3.01. The number of anilines is 2. The molecule has 2 aromatic carbocycles. The highest BCUT2D eigenvalue weighted by Crippen LogP contribution is 2.37. The lowest BCUT2D eigenvalue weighted by atomic mass is 10.2. The van der Waals surface area contributed by atoms with Crippen molar-refractivity contribution in [3.05, 3.63) is 87.5 Å². The van der Waals surface area contributed by atoms with E-state index in [1.807, 2.05) is 61.5 Å². The molecule has 0 radical (unpaired) electrons. The molecule has 2 aromatic heterocycles. The SMILES string of the molecule is Cc1ccccc1Nc1c(C#N)sc2c1ccc(=O)n2-c1ccccc1. The first-order valence-electron chi connectivity index (χ1n) is 8.16. The maximum atomic E-state index is 12.5. The molecule has 0 atom stereocenters. The van der Waals surface area contributed by atoms with Crippen LogP contribution in [0.5, 0.6) is 0 Å². The predicted molar refractivity (Wildman–Crippen MR) is 107 cm³/mol. The highest BCUT2D eigenvalue weighted by molar-refractivity contribution is 7.20. The number of pyridine rings is 1. The van der Waals surface area contributed by atoms with Crippen LogP contribution in [0.1, 0.15) is 10.4 Å². The normalized spacial score (nSPS) is 10.6. The molecule has 0 unspecified atom stereocenters. The summed E-state index contributed by atoms with van der Waals surface area (Å²) in [7, 11) is 0. The molecule has 4 rings (SSSR count). The van der Waals surface area contributed by atoms with Crippen LogP contribution in [0.3, 0.4) is 0 Å². The summed E-state index contributed by atoms with van der Waals surface area (Å²) in [6.07, 6.45) is 0. The van der Waals surface area contributed by atoms with Crippen LogP contribution in [0.25, 0.3) is 15.9 Å². The second-order valence-electron chi connectivity index (χ2n) is 5.92. The summed E-state index contributed by atoms with van der Waals surface area (Å²) in [6, 6.07) is 23.0. The Labute approximate surface area is 154 Å². The summed E-state index contributed by atoms with van der Waals surface area (Å²) in [6.45, 7) is 2.02. The fourth-order valence-electron chi connectivity index (χ4n) is 2.95. The van der Waals surface area contributed by atoms with Gasteiger partial charge in [0.2, 0.25) is 0 Å². The molecule has 0 amide bonds. The molecule has 4 aromatic rings. The third-order valence-corrected chi connectivity index (χ3v) is 5.36. The topological polar surface area (TPSA) is 57.8 Å². The summed E-state index contributed by atoms with van der Waals surface area (Å²) in [5, 5.41) is 13.9. The zero-order valence-electron chi connectivity index (χ0n) is 14.1. The Hall–Kier alpha value is -3.36. The summed E-state index contributed by atoms with van der Waals surface area (Å²) in [5.41, 5.74) is 3.45. The number of nitriles is 1. The van der Waals surface area contributed by atoms with Crippen LogP contribution >= 0.6 is 11.3 Å². The fourth-order valence-corrected chi connectivity index (χ4v) is 4.02. The van der Waals surface area contributed by atoms with Crippen molar-refractivity contribution < 1.29 is 0 Å². The van der Waals surface area contributed by atoms with Gasteiger partial charge in [0.25, 0.3) is 5.56 Å². The van der Waals surface area contributed by atoms with Gasteiger partial charge in [0, 0.05) is 17.1 Å². The van der Waals surface area contributed by atoms with Crippen molar-refractivity contribution in [3.8, 4) is 11.8 Å². The maximum absolute atomic E-state index is 12.5. The molecule has 126 valence electrons. The van der Waals surface area contributed by atoms with E-state index in [0.29, 0.717) is 4.88 Å². The van der Waals surface area contributed by atoms with Gasteiger partial charge in [-0.2, -0.15) is 5.26 Å². The Morgan fingerprint density at radius 3 is 2.46 bits per heavy atom. The van der Waals surface area contributed by atoms with Crippen molar-refractivity contribution in [1.29, 1.82) is 5.26 Å². The van der Waals surface area contributed by atoms with Gasteiger partial charge in [-0.1, -0.05) is 36.4 Å². The van der Waals surface area contributed by atoms with Gasteiger partial charge >= 0.3 is 0 Å². The summed E-state index contributed by atoms with van der Waals surface area (Å²) in [4.78, 5) is 13.8. The van der Waals surface area contributed by atoms with Crippen LogP contribution in [0.2, 0.25) is 0 Å². The van der Waals surface area contributed by atoms with Crippen molar-refractivity contribution in [2.45, 2.75) is 6.92 Å². The van der Waals surface area contributed by atoms with Gasteiger partial charge in [0.05, 0.1) is 11.4 Å². The van der Waals surface area contributed by atoms with Crippen LogP contribution in [0, 0.1) is 18.3 Å². The molecule has 0 aliphatic carbocycles. The van der Waals surface area contributed by atoms with E-state index >= 15 is 0 Å². The highest BCUT2D eigenvalue weighted by atomic mass is 32.1. The second-order valence-corrected chi connectivity index (χ2v) is 6.92. The molecular formula is C21H15N3OS. The molecule has 0 aliphatic heterocycles. The van der Waals surface area contributed by atoms with Gasteiger partial charge in [0.15, 0.2) is 0 Å². The quantitative estimate of drug-likeness (QED) is 0.563. The van der Waals surface area contributed by atoms with Crippen LogP contribution < -0.4 is 10.9 Å². The zero-order chi connectivity index (χ0) is 18.1. The Morgan fingerprint density at radius 2 is 1.73 bits per heavy atom. The van der Waals surface area contributed by atoms with Gasteiger partial charge in [-0.3, -0.25) is 9.36 Å². The molecular weight excluding hydrogens is 342 g/mol. The number of para-hydroxylation sites is 2. The Kier molecular flexibility index (Phi) is 4.04. The third-order valence-electron chi connectivity index (χ3n) is 4.26. The standard InChI is InChI=1S/C21H15N3OS/c1-14-7-5-6-10-17(14)23-20-16-11-12-19(25)24(15-8-3-2-4-9-15)21(16)26-18(20)13-22/h2-12,23H,1H3. The number of nitrogens with one attached hydrogen (secondary N) is 1. The van der Waals surface area contributed by atoms with Crippen molar-refractivity contribution >= 4 is 32.9 Å². The van der Waals surface area contributed by atoms with Gasteiger partial charge in [-0.25, -0.2) is 0 Å². The second kappa shape index (κ2) is 6.51. The third kappa shape index (κ3) is 2.67. The number of hydrogen-bond acceptors (Lipinski definition) is 4. The van der Waals surface area contributed by atoms with E-state index in [-0.39, 0.29) is 5.56 Å². The summed E-state index contributed by atoms with van der Waals surface area (Å²) < 4.78 is 1.66. The van der Waals surface area contributed by atoms with E-state index < -0.39 is 0 Å². The first-order chi connectivity index (χ1) is 12.7. The molecule has 0 bridgehead atoms. The lowest BCUT2D eigenvalue weighted by Crippen LogP contribution is -2.16. The number of thiophene rings is 1. The minimum absolute atomic E-state index is 0.114. The van der Waals surface area contributed by atoms with Gasteiger partial charge < -0.3 is 5.32 Å². The fraction of sp³-hybridized carbons (Fsp3) is 0.0476. The zero-order valence-corrected chi connectivity index (χ0v) is 14.9. The molecule has 0 aliphatic rings. The van der Waals surface area contributed by atoms with Gasteiger partial charge in [-0.05, 0) is 36.8 Å². The van der Waals surface area contributed by atoms with E-state index in [4.69, 9.17) is 0 Å². The monoisotopic (exact) mass is 357 g/mol. The number of hydrogen-bond donors (Lipinski definition) is 1. The summed E-state index contributed by atoms with van der Waals surface area (Å²) in [5.74, 6) is 0. The van der Waals surface area contributed by atoms with Crippen molar-refractivity contribution in [2.75, 3.05) is 5.32 Å². The number of aromatic nitrogens is 1. The van der Waals surface area contributed by atoms with E-state index in [9.17, 15) is 10.1 Å². The number of rotatable bonds is 3. The molecule has 26 heavy (non-hydrogen) atoms. The molecule has 0 fully saturated rings. The van der Waals surface area contributed by atoms with Crippen LogP contribution in [0.4, 0.5) is 11.4 Å². The minimum Gasteiger partial charge on any atom is -0.353 e. The largest absolute Gasteiger partial charge is 0.353 e. The highest BCUT2D eigenvalue weighted by Gasteiger charge is 2.17. The summed E-state index contributed by atoms with van der Waals surface area (Å²) >= 11 is 1.32. The van der Waals surface area contributed by atoms with Gasteiger partial charge in [-0.15, -0.1) is 11.3 Å². The molecule has 1 N–H and O–H groups in total. The molecule has 0 spiro atoms. The smallest absolute Gasteiger partial charge is 0.256 e. The molecule has 0 saturated heterocycles. The molecule has 4 nitrogen and oxygen atoms in total. The van der Waals surface area contributed by atoms with E-state index in [1.165, 1.54) is 11.3 Å². The lowest BCUT2D eigenvalue weighted by molar-refractivity contribution is 1.06. The van der Waals surface area contributed by atoms with Crippen LogP contribution in [0.15, 0.2) is 71.5 Å². The van der Waals surface area contributed by atoms with Crippen LogP contribution in [-0.4, -0.2) is 4.57 Å². The molecule has 0 saturated carbocycles. The number of benzene rings is 2. The minimum atomic E-state index is -0.114. The van der Waals surface area contributed by atoms with Crippen molar-refractivity contribution in [2.24, 2.45) is 0 Å².